The quantitative estimate of drug-likeness (QED) is 0.0867. The maximum Gasteiger partial charge on any atom is 0.408 e. The van der Waals surface area contributed by atoms with Crippen LogP contribution in [0.4, 0.5) is 4.79 Å². The number of alkyl carbamates (subject to hydrolysis) is 1. The molecule has 0 unspecified atom stereocenters. The molecule has 5 amide bonds. The fourth-order valence-electron chi connectivity index (χ4n) is 7.05. The number of hydrogen-bond donors (Lipinski definition) is 6. The summed E-state index contributed by atoms with van der Waals surface area (Å²) in [6.45, 7) is 22.7. The molecular formula is C45H64N8O10S2. The zero-order valence-corrected chi connectivity index (χ0v) is 40.8. The first-order valence-electron chi connectivity index (χ1n) is 21.0. The van der Waals surface area contributed by atoms with Gasteiger partial charge in [-0.3, -0.25) is 29.1 Å². The van der Waals surface area contributed by atoms with Gasteiger partial charge in [-0.2, -0.15) is 0 Å². The molecule has 2 heterocycles. The van der Waals surface area contributed by atoms with Crippen LogP contribution in [0.15, 0.2) is 70.7 Å². The number of aromatic nitrogens is 2. The van der Waals surface area contributed by atoms with Crippen molar-refractivity contribution in [3.63, 3.8) is 0 Å². The van der Waals surface area contributed by atoms with Crippen LogP contribution >= 0.6 is 0 Å². The SMILES string of the molecule is CC(C)C[C@H](N)C(=O)NS(=O)(=O)c1cccc2cc(C(N)=O)ncc12.CC(C)C[C@H](NC(=O)OC(C)(C)C)C(=O)NS(=O)(=O)c1cccc2cc(C(=O)NC(C)(C)CC(C)(C)C)ncc12. The van der Waals surface area contributed by atoms with Gasteiger partial charge in [0.05, 0.1) is 15.8 Å². The van der Waals surface area contributed by atoms with E-state index in [2.05, 4.69) is 46.1 Å². The Morgan fingerprint density at radius 2 is 1.15 bits per heavy atom. The minimum absolute atomic E-state index is 0.00209. The number of pyridine rings is 2. The van der Waals surface area contributed by atoms with Gasteiger partial charge in [-0.1, -0.05) is 72.7 Å². The molecule has 0 radical (unpaired) electrons. The first-order chi connectivity index (χ1) is 29.7. The standard InChI is InChI=1S/C29H44N4O6S.C16H20N4O4S/c1-18(2)14-22(31-26(36)39-28(6,7)8)25(35)33-40(37,38)23-13-11-12-19-15-21(30-16-20(19)23)24(34)32-29(9,10)17-27(3,4)5;1-9(2)6-12(17)16(22)20-25(23,24)14-5-3-4-10-7-13(15(18)21)19-8-11(10)14/h11-13,15-16,18,22H,14,17H2,1-10H3,(H,31,36)(H,32,34)(H,33,35);3-5,7-9,12H,6,17H2,1-2H3,(H2,18,21)(H,20,22)/t22-;12-/m00/s1. The van der Waals surface area contributed by atoms with E-state index >= 15 is 0 Å². The van der Waals surface area contributed by atoms with Gasteiger partial charge in [-0.15, -0.1) is 0 Å². The third-order valence-corrected chi connectivity index (χ3v) is 12.0. The summed E-state index contributed by atoms with van der Waals surface area (Å²) in [5, 5.41) is 6.92. The molecule has 0 saturated carbocycles. The molecule has 356 valence electrons. The Balaban J connectivity index is 0.000000384. The molecule has 0 bridgehead atoms. The molecule has 18 nitrogen and oxygen atoms in total. The van der Waals surface area contributed by atoms with Crippen molar-refractivity contribution in [2.45, 2.75) is 135 Å². The molecule has 8 N–H and O–H groups in total. The summed E-state index contributed by atoms with van der Waals surface area (Å²) in [4.78, 5) is 69.4. The number of benzene rings is 2. The summed E-state index contributed by atoms with van der Waals surface area (Å²) < 4.78 is 61.1. The molecule has 0 aliphatic rings. The van der Waals surface area contributed by atoms with Crippen molar-refractivity contribution < 1.29 is 45.5 Å². The summed E-state index contributed by atoms with van der Waals surface area (Å²) in [7, 11) is -8.49. The van der Waals surface area contributed by atoms with Gasteiger partial charge in [-0.05, 0) is 106 Å². The lowest BCUT2D eigenvalue weighted by Gasteiger charge is -2.33. The van der Waals surface area contributed by atoms with Crippen LogP contribution in [0.1, 0.15) is 123 Å². The number of nitrogens with zero attached hydrogens (tertiary/aromatic N) is 2. The van der Waals surface area contributed by atoms with E-state index in [1.807, 2.05) is 46.3 Å². The molecule has 4 rings (SSSR count). The topological polar surface area (TPSA) is 289 Å². The summed E-state index contributed by atoms with van der Waals surface area (Å²) >= 11 is 0. The first kappa shape index (κ1) is 53.6. The number of nitrogens with one attached hydrogen (secondary N) is 4. The van der Waals surface area contributed by atoms with E-state index < -0.39 is 67.1 Å². The van der Waals surface area contributed by atoms with Gasteiger partial charge in [0.1, 0.15) is 23.0 Å². The largest absolute Gasteiger partial charge is 0.444 e. The van der Waals surface area contributed by atoms with Crippen LogP contribution in [-0.2, 0) is 34.4 Å². The van der Waals surface area contributed by atoms with Crippen LogP contribution in [-0.4, -0.2) is 79.7 Å². The van der Waals surface area contributed by atoms with Gasteiger partial charge in [0.25, 0.3) is 43.7 Å². The first-order valence-corrected chi connectivity index (χ1v) is 23.9. The van der Waals surface area contributed by atoms with Gasteiger partial charge < -0.3 is 26.8 Å². The summed E-state index contributed by atoms with van der Waals surface area (Å²) in [6.07, 6.45) is 3.02. The van der Waals surface area contributed by atoms with Crippen molar-refractivity contribution in [1.29, 1.82) is 0 Å². The minimum atomic E-state index is -4.35. The van der Waals surface area contributed by atoms with Crippen molar-refractivity contribution >= 4 is 71.3 Å². The molecule has 0 saturated heterocycles. The van der Waals surface area contributed by atoms with Crippen LogP contribution < -0.4 is 31.5 Å². The number of hydrogen-bond acceptors (Lipinski definition) is 13. The second-order valence-corrected chi connectivity index (χ2v) is 22.8. The van der Waals surface area contributed by atoms with Gasteiger partial charge in [0.2, 0.25) is 0 Å². The van der Waals surface area contributed by atoms with Crippen molar-refractivity contribution in [3.05, 3.63) is 72.3 Å². The predicted molar refractivity (Wildman–Crippen MR) is 248 cm³/mol. The predicted octanol–water partition coefficient (Wildman–Crippen LogP) is 5.44. The highest BCUT2D eigenvalue weighted by molar-refractivity contribution is 7.90. The van der Waals surface area contributed by atoms with Crippen LogP contribution in [0.5, 0.6) is 0 Å². The highest BCUT2D eigenvalue weighted by Crippen LogP contribution is 2.28. The third-order valence-electron chi connectivity index (χ3n) is 9.18. The number of ether oxygens (including phenoxy) is 1. The zero-order valence-electron chi connectivity index (χ0n) is 39.2. The number of primary amides is 1. The normalized spacial score (nSPS) is 13.3. The molecule has 2 aromatic heterocycles. The second kappa shape index (κ2) is 21.1. The van der Waals surface area contributed by atoms with Gasteiger partial charge in [-0.25, -0.2) is 31.1 Å². The monoisotopic (exact) mass is 940 g/mol. The summed E-state index contributed by atoms with van der Waals surface area (Å²) in [5.74, 6) is -2.62. The highest BCUT2D eigenvalue weighted by atomic mass is 32.2. The Morgan fingerprint density at radius 3 is 1.60 bits per heavy atom. The zero-order chi connectivity index (χ0) is 49.5. The lowest BCUT2D eigenvalue weighted by atomic mass is 9.82. The van der Waals surface area contributed by atoms with Gasteiger partial charge >= 0.3 is 6.09 Å². The number of sulfonamides is 2. The molecular weight excluding hydrogens is 877 g/mol. The molecule has 0 aliphatic heterocycles. The van der Waals surface area contributed by atoms with Crippen LogP contribution in [0.3, 0.4) is 0 Å². The number of carbonyl (C=O) groups is 5. The van der Waals surface area contributed by atoms with Gasteiger partial charge in [0, 0.05) is 28.7 Å². The number of amides is 5. The van der Waals surface area contributed by atoms with Crippen molar-refractivity contribution in [2.24, 2.45) is 28.7 Å². The average molecular weight is 941 g/mol. The van der Waals surface area contributed by atoms with Crippen molar-refractivity contribution in [3.8, 4) is 0 Å². The molecule has 0 aliphatic carbocycles. The molecule has 20 heteroatoms. The lowest BCUT2D eigenvalue weighted by molar-refractivity contribution is -0.122. The molecule has 4 aromatic rings. The number of fused-ring (bicyclic) bond motifs is 2. The van der Waals surface area contributed by atoms with E-state index in [0.29, 0.717) is 17.2 Å². The van der Waals surface area contributed by atoms with E-state index in [-0.39, 0.29) is 61.5 Å². The van der Waals surface area contributed by atoms with Crippen LogP contribution in [0.2, 0.25) is 0 Å². The van der Waals surface area contributed by atoms with E-state index in [1.165, 1.54) is 48.8 Å². The Kier molecular flexibility index (Phi) is 17.4. The maximum absolute atomic E-state index is 13.3. The van der Waals surface area contributed by atoms with Crippen LogP contribution in [0, 0.1) is 17.3 Å². The van der Waals surface area contributed by atoms with E-state index in [0.717, 1.165) is 6.42 Å². The van der Waals surface area contributed by atoms with Crippen molar-refractivity contribution in [2.75, 3.05) is 0 Å². The Bertz CT molecular complexity index is 2640. The van der Waals surface area contributed by atoms with E-state index in [4.69, 9.17) is 16.2 Å². The summed E-state index contributed by atoms with van der Waals surface area (Å²) in [6, 6.07) is 9.86. The number of carbonyl (C=O) groups excluding carboxylic acids is 5. The summed E-state index contributed by atoms with van der Waals surface area (Å²) in [5.41, 5.74) is 9.79. The Labute approximate surface area is 381 Å². The lowest BCUT2D eigenvalue weighted by Crippen LogP contribution is -2.50. The smallest absolute Gasteiger partial charge is 0.408 e. The maximum atomic E-state index is 13.3. The highest BCUT2D eigenvalue weighted by Gasteiger charge is 2.31. The minimum Gasteiger partial charge on any atom is -0.444 e. The third kappa shape index (κ3) is 16.3. The van der Waals surface area contributed by atoms with Crippen molar-refractivity contribution in [1.82, 2.24) is 30.0 Å². The molecule has 2 atom stereocenters. The fourth-order valence-corrected chi connectivity index (χ4v) is 9.52. The molecule has 65 heavy (non-hydrogen) atoms. The molecule has 0 spiro atoms. The average Bonchev–Trinajstić information content (AvgIpc) is 3.14. The Morgan fingerprint density at radius 1 is 0.692 bits per heavy atom. The van der Waals surface area contributed by atoms with E-state index in [9.17, 15) is 40.8 Å². The Hall–Kier alpha value is -5.73. The fraction of sp³-hybridized carbons (Fsp3) is 0.489. The van der Waals surface area contributed by atoms with Crippen LogP contribution in [0.25, 0.3) is 21.5 Å². The van der Waals surface area contributed by atoms with E-state index in [1.54, 1.807) is 32.9 Å². The molecule has 0 fully saturated rings. The van der Waals surface area contributed by atoms with Gasteiger partial charge in [0.15, 0.2) is 0 Å². The molecule has 2 aromatic carbocycles. The number of nitrogens with two attached hydrogens (primary N) is 2. The second-order valence-electron chi connectivity index (χ2n) is 19.5. The number of rotatable bonds is 15.